The maximum absolute atomic E-state index is 11.6. The molecule has 0 radical (unpaired) electrons. The first kappa shape index (κ1) is 11.5. The second-order valence-corrected chi connectivity index (χ2v) is 4.02. The molecule has 1 aromatic rings. The van der Waals surface area contributed by atoms with E-state index in [1.165, 1.54) is 12.1 Å². The predicted octanol–water partition coefficient (Wildman–Crippen LogP) is 1.61. The molecule has 0 amide bonds. The van der Waals surface area contributed by atoms with Crippen LogP contribution in [0.3, 0.4) is 0 Å². The van der Waals surface area contributed by atoms with Crippen LogP contribution in [0.4, 0.5) is 0 Å². The first-order valence-electron chi connectivity index (χ1n) is 4.52. The minimum absolute atomic E-state index is 0.0126. The molecule has 0 aromatic heterocycles. The predicted molar refractivity (Wildman–Crippen MR) is 59.3 cm³/mol. The molecule has 0 saturated carbocycles. The Morgan fingerprint density at radius 1 is 0.941 bits per heavy atom. The van der Waals surface area contributed by atoms with Gasteiger partial charge in [0.1, 0.15) is 11.3 Å². The lowest BCUT2D eigenvalue weighted by atomic mass is 10.2. The smallest absolute Gasteiger partial charge is 0.349 e. The third kappa shape index (κ3) is 2.59. The van der Waals surface area contributed by atoms with Crippen LogP contribution in [0.15, 0.2) is 34.8 Å². The molecule has 0 spiro atoms. The molecule has 1 aliphatic rings. The van der Waals surface area contributed by atoms with Crippen molar-refractivity contribution < 1.29 is 23.9 Å². The van der Waals surface area contributed by atoms with E-state index in [1.54, 1.807) is 6.07 Å². The van der Waals surface area contributed by atoms with Gasteiger partial charge in [0.05, 0.1) is 0 Å². The van der Waals surface area contributed by atoms with Crippen LogP contribution in [0.2, 0.25) is 0 Å². The summed E-state index contributed by atoms with van der Waals surface area (Å²) in [5, 5.41) is 0. The highest BCUT2D eigenvalue weighted by Gasteiger charge is 2.20. The molecule has 1 aromatic carbocycles. The molecular formula is C11H5BrO5. The van der Waals surface area contributed by atoms with Crippen LogP contribution >= 0.6 is 15.9 Å². The van der Waals surface area contributed by atoms with Gasteiger partial charge in [-0.05, 0) is 18.2 Å². The zero-order valence-corrected chi connectivity index (χ0v) is 9.89. The van der Waals surface area contributed by atoms with Crippen LogP contribution < -0.4 is 4.74 Å². The number of ether oxygens (including phenoxy) is 2. The van der Waals surface area contributed by atoms with Crippen molar-refractivity contribution in [2.45, 2.75) is 0 Å². The Morgan fingerprint density at radius 2 is 1.59 bits per heavy atom. The highest BCUT2D eigenvalue weighted by Crippen LogP contribution is 2.25. The fourth-order valence-corrected chi connectivity index (χ4v) is 1.55. The normalized spacial score (nSPS) is 17.1. The summed E-state index contributed by atoms with van der Waals surface area (Å²) >= 11 is 3.18. The van der Waals surface area contributed by atoms with Crippen LogP contribution in [-0.4, -0.2) is 17.9 Å². The Morgan fingerprint density at radius 3 is 2.29 bits per heavy atom. The number of esters is 3. The average molecular weight is 297 g/mol. The van der Waals surface area contributed by atoms with Crippen molar-refractivity contribution in [1.29, 1.82) is 0 Å². The second-order valence-electron chi connectivity index (χ2n) is 3.10. The van der Waals surface area contributed by atoms with E-state index < -0.39 is 17.9 Å². The topological polar surface area (TPSA) is 69.7 Å². The van der Waals surface area contributed by atoms with Crippen molar-refractivity contribution in [1.82, 2.24) is 0 Å². The fourth-order valence-electron chi connectivity index (χ4n) is 1.21. The third-order valence-corrected chi connectivity index (χ3v) is 2.42. The van der Waals surface area contributed by atoms with E-state index in [9.17, 15) is 14.4 Å². The maximum Gasteiger partial charge on any atom is 0.349 e. The molecule has 0 aliphatic carbocycles. The van der Waals surface area contributed by atoms with Gasteiger partial charge in [-0.25, -0.2) is 14.4 Å². The SMILES string of the molecule is O=C1/C=C/C(=O)Oc2cc(Br)ccc2C(=O)O1. The number of carbonyl (C=O) groups is 3. The molecule has 6 heteroatoms. The van der Waals surface area contributed by atoms with E-state index >= 15 is 0 Å². The van der Waals surface area contributed by atoms with Gasteiger partial charge in [0.15, 0.2) is 0 Å². The molecule has 0 fully saturated rings. The molecule has 0 saturated heterocycles. The molecule has 17 heavy (non-hydrogen) atoms. The number of cyclic esters (lactones) is 2. The number of hydrogen-bond acceptors (Lipinski definition) is 5. The van der Waals surface area contributed by atoms with Crippen molar-refractivity contribution in [3.8, 4) is 5.75 Å². The summed E-state index contributed by atoms with van der Waals surface area (Å²) in [5.74, 6) is -2.50. The molecular weight excluding hydrogens is 292 g/mol. The van der Waals surface area contributed by atoms with E-state index in [0.717, 1.165) is 12.2 Å². The van der Waals surface area contributed by atoms with Gasteiger partial charge in [0, 0.05) is 16.6 Å². The van der Waals surface area contributed by atoms with E-state index in [2.05, 4.69) is 20.7 Å². The summed E-state index contributed by atoms with van der Waals surface area (Å²) in [7, 11) is 0. The summed E-state index contributed by atoms with van der Waals surface area (Å²) in [4.78, 5) is 33.9. The molecule has 0 atom stereocenters. The number of halogens is 1. The van der Waals surface area contributed by atoms with Gasteiger partial charge < -0.3 is 9.47 Å². The Labute approximate surface area is 104 Å². The van der Waals surface area contributed by atoms with Crippen molar-refractivity contribution in [2.24, 2.45) is 0 Å². The van der Waals surface area contributed by atoms with Gasteiger partial charge in [-0.2, -0.15) is 0 Å². The molecule has 0 bridgehead atoms. The monoisotopic (exact) mass is 296 g/mol. The number of benzene rings is 1. The average Bonchev–Trinajstić information content (AvgIpc) is 2.29. The Bertz CT molecular complexity index is 547. The molecule has 1 heterocycles. The number of hydrogen-bond donors (Lipinski definition) is 0. The third-order valence-electron chi connectivity index (χ3n) is 1.92. The zero-order chi connectivity index (χ0) is 12.4. The Kier molecular flexibility index (Phi) is 3.06. The Hall–Kier alpha value is -1.95. The molecule has 86 valence electrons. The largest absolute Gasteiger partial charge is 0.422 e. The van der Waals surface area contributed by atoms with Gasteiger partial charge in [-0.1, -0.05) is 15.9 Å². The van der Waals surface area contributed by atoms with Crippen molar-refractivity contribution >= 4 is 33.8 Å². The first-order chi connectivity index (χ1) is 8.06. The lowest BCUT2D eigenvalue weighted by molar-refractivity contribution is -0.133. The summed E-state index contributed by atoms with van der Waals surface area (Å²) in [6, 6.07) is 4.41. The van der Waals surface area contributed by atoms with Crippen LogP contribution in [0.1, 0.15) is 10.4 Å². The summed E-state index contributed by atoms with van der Waals surface area (Å²) < 4.78 is 10.0. The van der Waals surface area contributed by atoms with Crippen molar-refractivity contribution in [3.05, 3.63) is 40.4 Å². The number of fused-ring (bicyclic) bond motifs is 1. The minimum Gasteiger partial charge on any atom is -0.422 e. The van der Waals surface area contributed by atoms with Gasteiger partial charge in [-0.15, -0.1) is 0 Å². The lowest BCUT2D eigenvalue weighted by Crippen LogP contribution is -2.11. The first-order valence-corrected chi connectivity index (χ1v) is 5.31. The summed E-state index contributed by atoms with van der Waals surface area (Å²) in [5.41, 5.74) is 0.0126. The van der Waals surface area contributed by atoms with Crippen LogP contribution in [0.5, 0.6) is 5.75 Å². The molecule has 5 nitrogen and oxygen atoms in total. The quantitative estimate of drug-likeness (QED) is 0.413. The maximum atomic E-state index is 11.6. The molecule has 0 unspecified atom stereocenters. The molecule has 1 aliphatic heterocycles. The van der Waals surface area contributed by atoms with Gasteiger partial charge >= 0.3 is 17.9 Å². The van der Waals surface area contributed by atoms with Gasteiger partial charge in [-0.3, -0.25) is 0 Å². The highest BCUT2D eigenvalue weighted by atomic mass is 79.9. The summed E-state index contributed by atoms with van der Waals surface area (Å²) in [6.07, 6.45) is 1.73. The molecule has 2 rings (SSSR count). The highest BCUT2D eigenvalue weighted by molar-refractivity contribution is 9.10. The standard InChI is InChI=1S/C11H5BrO5/c12-6-1-2-7-8(5-6)16-9(13)3-4-10(14)17-11(7)15/h1-5H/b4-3+. The Balaban J connectivity index is 2.52. The van der Waals surface area contributed by atoms with Crippen LogP contribution in [0, 0.1) is 0 Å². The number of carbonyl (C=O) groups excluding carboxylic acids is 3. The van der Waals surface area contributed by atoms with E-state index in [-0.39, 0.29) is 11.3 Å². The van der Waals surface area contributed by atoms with Gasteiger partial charge in [0.2, 0.25) is 0 Å². The van der Waals surface area contributed by atoms with Crippen LogP contribution in [-0.2, 0) is 14.3 Å². The minimum atomic E-state index is -0.914. The molecule has 0 N–H and O–H groups in total. The lowest BCUT2D eigenvalue weighted by Gasteiger charge is -2.06. The van der Waals surface area contributed by atoms with Crippen molar-refractivity contribution in [2.75, 3.05) is 0 Å². The number of rotatable bonds is 0. The van der Waals surface area contributed by atoms with E-state index in [1.807, 2.05) is 0 Å². The van der Waals surface area contributed by atoms with E-state index in [0.29, 0.717) is 4.47 Å². The summed E-state index contributed by atoms with van der Waals surface area (Å²) in [6.45, 7) is 0. The van der Waals surface area contributed by atoms with Crippen LogP contribution in [0.25, 0.3) is 0 Å². The van der Waals surface area contributed by atoms with Crippen molar-refractivity contribution in [3.63, 3.8) is 0 Å². The van der Waals surface area contributed by atoms with E-state index in [4.69, 9.17) is 4.74 Å². The van der Waals surface area contributed by atoms with Gasteiger partial charge in [0.25, 0.3) is 0 Å². The fraction of sp³-hybridized carbons (Fsp3) is 0. The second kappa shape index (κ2) is 4.50. The zero-order valence-electron chi connectivity index (χ0n) is 8.31.